The van der Waals surface area contributed by atoms with E-state index in [1.165, 1.54) is 0 Å². The first-order chi connectivity index (χ1) is 8.15. The van der Waals surface area contributed by atoms with E-state index in [1.807, 2.05) is 18.4 Å². The molecular formula is C13H15N3O. The fraction of sp³-hybridized carbons (Fsp3) is 0.231. The largest absolute Gasteiger partial charge is 0.398 e. The van der Waals surface area contributed by atoms with Gasteiger partial charge in [0.25, 0.3) is 0 Å². The van der Waals surface area contributed by atoms with Crippen molar-refractivity contribution in [1.82, 2.24) is 9.55 Å². The Morgan fingerprint density at radius 3 is 2.94 bits per heavy atom. The fourth-order valence-corrected chi connectivity index (χ4v) is 1.79. The number of aryl methyl sites for hydroxylation is 1. The van der Waals surface area contributed by atoms with E-state index in [4.69, 9.17) is 5.73 Å². The fourth-order valence-electron chi connectivity index (χ4n) is 1.79. The van der Waals surface area contributed by atoms with Crippen LogP contribution < -0.4 is 5.73 Å². The summed E-state index contributed by atoms with van der Waals surface area (Å²) in [6.07, 6.45) is 3.44. The first-order valence-corrected chi connectivity index (χ1v) is 5.56. The topological polar surface area (TPSA) is 60.9 Å². The second kappa shape index (κ2) is 4.41. The van der Waals surface area contributed by atoms with Crippen molar-refractivity contribution in [2.75, 3.05) is 5.73 Å². The summed E-state index contributed by atoms with van der Waals surface area (Å²) in [5, 5.41) is 0. The summed E-state index contributed by atoms with van der Waals surface area (Å²) in [7, 11) is 0. The number of rotatable bonds is 3. The Hall–Kier alpha value is -2.10. The highest BCUT2D eigenvalue weighted by Gasteiger charge is 2.17. The molecule has 4 nitrogen and oxygen atoms in total. The quantitative estimate of drug-likeness (QED) is 0.647. The maximum Gasteiger partial charge on any atom is 0.228 e. The van der Waals surface area contributed by atoms with Gasteiger partial charge in [-0.2, -0.15) is 0 Å². The van der Waals surface area contributed by atoms with Crippen molar-refractivity contribution in [3.05, 3.63) is 47.5 Å². The number of carbonyl (C=O) groups excluding carboxylic acids is 1. The first-order valence-electron chi connectivity index (χ1n) is 5.56. The molecule has 0 bridgehead atoms. The molecule has 2 N–H and O–H groups in total. The van der Waals surface area contributed by atoms with Gasteiger partial charge in [0.05, 0.1) is 0 Å². The molecule has 0 amide bonds. The van der Waals surface area contributed by atoms with Crippen LogP contribution >= 0.6 is 0 Å². The van der Waals surface area contributed by atoms with Gasteiger partial charge in [0.1, 0.15) is 0 Å². The number of nitrogens with two attached hydrogens (primary N) is 1. The molecule has 88 valence electrons. The molecule has 0 aliphatic heterocycles. The summed E-state index contributed by atoms with van der Waals surface area (Å²) in [5.74, 6) is 0.378. The Balaban J connectivity index is 2.48. The van der Waals surface area contributed by atoms with Crippen LogP contribution in [0.4, 0.5) is 5.69 Å². The average Bonchev–Trinajstić information content (AvgIpc) is 2.80. The van der Waals surface area contributed by atoms with Gasteiger partial charge in [0.15, 0.2) is 5.82 Å². The molecule has 0 fully saturated rings. The van der Waals surface area contributed by atoms with Gasteiger partial charge in [-0.15, -0.1) is 0 Å². The highest BCUT2D eigenvalue weighted by Crippen LogP contribution is 2.18. The number of anilines is 1. The predicted octanol–water partition coefficient (Wildman–Crippen LogP) is 2.02. The van der Waals surface area contributed by atoms with E-state index in [9.17, 15) is 4.79 Å². The Kier molecular flexibility index (Phi) is 2.95. The minimum Gasteiger partial charge on any atom is -0.398 e. The lowest BCUT2D eigenvalue weighted by atomic mass is 10.0. The maximum absolute atomic E-state index is 12.3. The normalized spacial score (nSPS) is 10.5. The second-order valence-corrected chi connectivity index (χ2v) is 3.89. The van der Waals surface area contributed by atoms with Gasteiger partial charge in [0.2, 0.25) is 5.78 Å². The van der Waals surface area contributed by atoms with E-state index < -0.39 is 0 Å². The highest BCUT2D eigenvalue weighted by atomic mass is 16.1. The van der Waals surface area contributed by atoms with Crippen LogP contribution in [0, 0.1) is 6.92 Å². The Morgan fingerprint density at radius 1 is 1.47 bits per heavy atom. The van der Waals surface area contributed by atoms with E-state index in [0.717, 1.165) is 12.1 Å². The van der Waals surface area contributed by atoms with Crippen molar-refractivity contribution in [2.24, 2.45) is 0 Å². The molecule has 1 aromatic heterocycles. The Bertz CT molecular complexity index is 558. The molecule has 1 aromatic carbocycles. The third kappa shape index (κ3) is 1.93. The summed E-state index contributed by atoms with van der Waals surface area (Å²) < 4.78 is 1.82. The average molecular weight is 229 g/mol. The summed E-state index contributed by atoms with van der Waals surface area (Å²) >= 11 is 0. The zero-order valence-electron chi connectivity index (χ0n) is 9.97. The van der Waals surface area contributed by atoms with Crippen LogP contribution in [-0.4, -0.2) is 15.3 Å². The molecule has 0 saturated heterocycles. The van der Waals surface area contributed by atoms with E-state index in [-0.39, 0.29) is 5.78 Å². The molecule has 0 saturated carbocycles. The van der Waals surface area contributed by atoms with E-state index in [1.54, 1.807) is 30.6 Å². The maximum atomic E-state index is 12.3. The van der Waals surface area contributed by atoms with Crippen molar-refractivity contribution in [3.8, 4) is 0 Å². The smallest absolute Gasteiger partial charge is 0.228 e. The molecule has 2 aromatic rings. The lowest BCUT2D eigenvalue weighted by molar-refractivity contribution is 0.102. The summed E-state index contributed by atoms with van der Waals surface area (Å²) in [4.78, 5) is 16.4. The van der Waals surface area contributed by atoms with Crippen LogP contribution in [0.3, 0.4) is 0 Å². The molecule has 0 aliphatic carbocycles. The zero-order valence-corrected chi connectivity index (χ0v) is 9.97. The minimum absolute atomic E-state index is 0.0818. The molecule has 17 heavy (non-hydrogen) atoms. The number of aromatic nitrogens is 2. The van der Waals surface area contributed by atoms with Crippen molar-refractivity contribution in [2.45, 2.75) is 20.4 Å². The van der Waals surface area contributed by atoms with E-state index in [2.05, 4.69) is 4.98 Å². The summed E-state index contributed by atoms with van der Waals surface area (Å²) in [6.45, 7) is 4.55. The number of ketones is 1. The van der Waals surface area contributed by atoms with Gasteiger partial charge in [-0.05, 0) is 25.5 Å². The number of imidazole rings is 1. The first kappa shape index (κ1) is 11.4. The standard InChI is InChI=1S/C13H15N3O/c1-3-16-8-7-15-13(16)12(17)10-5-4-6-11(14)9(10)2/h4-8H,3,14H2,1-2H3. The van der Waals surface area contributed by atoms with Crippen molar-refractivity contribution >= 4 is 11.5 Å². The van der Waals surface area contributed by atoms with Crippen molar-refractivity contribution in [1.29, 1.82) is 0 Å². The summed E-state index contributed by atoms with van der Waals surface area (Å²) in [6, 6.07) is 5.36. The monoisotopic (exact) mass is 229 g/mol. The Morgan fingerprint density at radius 2 is 2.24 bits per heavy atom. The van der Waals surface area contributed by atoms with Crippen LogP contribution in [0.2, 0.25) is 0 Å². The Labute approximate surface area is 100 Å². The highest BCUT2D eigenvalue weighted by molar-refractivity contribution is 6.08. The third-order valence-corrected chi connectivity index (χ3v) is 2.88. The van der Waals surface area contributed by atoms with Crippen LogP contribution in [0.15, 0.2) is 30.6 Å². The molecule has 0 radical (unpaired) electrons. The van der Waals surface area contributed by atoms with Crippen LogP contribution in [-0.2, 0) is 6.54 Å². The molecule has 0 unspecified atom stereocenters. The molecule has 2 rings (SSSR count). The molecule has 0 atom stereocenters. The van der Waals surface area contributed by atoms with Crippen LogP contribution in [0.5, 0.6) is 0 Å². The van der Waals surface area contributed by atoms with Crippen molar-refractivity contribution < 1.29 is 4.79 Å². The molecule has 0 spiro atoms. The van der Waals surface area contributed by atoms with Gasteiger partial charge in [-0.25, -0.2) is 4.98 Å². The van der Waals surface area contributed by atoms with Gasteiger partial charge in [-0.1, -0.05) is 12.1 Å². The second-order valence-electron chi connectivity index (χ2n) is 3.89. The van der Waals surface area contributed by atoms with Crippen molar-refractivity contribution in [3.63, 3.8) is 0 Å². The number of nitrogen functional groups attached to an aromatic ring is 1. The van der Waals surface area contributed by atoms with Crippen LogP contribution in [0.25, 0.3) is 0 Å². The lowest BCUT2D eigenvalue weighted by Gasteiger charge is -2.08. The minimum atomic E-state index is -0.0818. The number of hydrogen-bond donors (Lipinski definition) is 1. The molecular weight excluding hydrogens is 214 g/mol. The van der Waals surface area contributed by atoms with E-state index in [0.29, 0.717) is 17.1 Å². The van der Waals surface area contributed by atoms with Gasteiger partial charge >= 0.3 is 0 Å². The third-order valence-electron chi connectivity index (χ3n) is 2.88. The van der Waals surface area contributed by atoms with Gasteiger partial charge in [0, 0.05) is 30.2 Å². The number of nitrogens with zero attached hydrogens (tertiary/aromatic N) is 2. The van der Waals surface area contributed by atoms with Gasteiger partial charge in [-0.3, -0.25) is 4.79 Å². The SMILES string of the molecule is CCn1ccnc1C(=O)c1cccc(N)c1C. The van der Waals surface area contributed by atoms with Gasteiger partial charge < -0.3 is 10.3 Å². The number of carbonyl (C=O) groups is 1. The van der Waals surface area contributed by atoms with Crippen LogP contribution in [0.1, 0.15) is 28.7 Å². The number of hydrogen-bond acceptors (Lipinski definition) is 3. The summed E-state index contributed by atoms with van der Waals surface area (Å²) in [5.41, 5.74) is 7.86. The lowest BCUT2D eigenvalue weighted by Crippen LogP contribution is -2.12. The zero-order chi connectivity index (χ0) is 12.4. The predicted molar refractivity (Wildman–Crippen MR) is 66.9 cm³/mol. The van der Waals surface area contributed by atoms with E-state index >= 15 is 0 Å². The molecule has 4 heteroatoms. The molecule has 1 heterocycles. The number of benzene rings is 1. The molecule has 0 aliphatic rings.